The van der Waals surface area contributed by atoms with Gasteiger partial charge in [-0.1, -0.05) is 0 Å². The number of amides is 2. The quantitative estimate of drug-likeness (QED) is 0.823. The molecule has 2 heterocycles. The first kappa shape index (κ1) is 11.1. The third kappa shape index (κ3) is 2.21. The summed E-state index contributed by atoms with van der Waals surface area (Å²) in [6.45, 7) is 2.83. The molecule has 6 heteroatoms. The maximum absolute atomic E-state index is 11.6. The predicted octanol–water partition coefficient (Wildman–Crippen LogP) is 0.285. The third-order valence-corrected chi connectivity index (χ3v) is 3.56. The van der Waals surface area contributed by atoms with Crippen molar-refractivity contribution in [3.8, 4) is 0 Å². The molecule has 0 radical (unpaired) electrons. The monoisotopic (exact) mass is 239 g/mol. The highest BCUT2D eigenvalue weighted by atomic mass is 32.1. The minimum Gasteiger partial charge on any atom is -0.369 e. The predicted molar refractivity (Wildman–Crippen MR) is 59.6 cm³/mol. The number of nitrogens with zero attached hydrogens (tertiary/aromatic N) is 2. The Bertz CT molecular complexity index is 429. The van der Waals surface area contributed by atoms with Crippen molar-refractivity contribution in [1.82, 2.24) is 9.88 Å². The molecule has 0 bridgehead atoms. The number of carbonyl (C=O) groups excluding carboxylic acids is 2. The van der Waals surface area contributed by atoms with Gasteiger partial charge in [-0.15, -0.1) is 11.3 Å². The van der Waals surface area contributed by atoms with Crippen LogP contribution >= 0.6 is 11.3 Å². The van der Waals surface area contributed by atoms with Gasteiger partial charge in [0, 0.05) is 24.0 Å². The second kappa shape index (κ2) is 4.21. The summed E-state index contributed by atoms with van der Waals surface area (Å²) in [6.07, 6.45) is 0.236. The molecule has 0 saturated carbocycles. The van der Waals surface area contributed by atoms with Gasteiger partial charge in [-0.05, 0) is 6.92 Å². The van der Waals surface area contributed by atoms with Crippen molar-refractivity contribution < 1.29 is 9.59 Å². The minimum atomic E-state index is -0.397. The third-order valence-electron chi connectivity index (χ3n) is 2.61. The first-order valence-corrected chi connectivity index (χ1v) is 5.92. The lowest BCUT2D eigenvalue weighted by atomic mass is 10.1. The molecule has 0 aliphatic carbocycles. The van der Waals surface area contributed by atoms with Crippen molar-refractivity contribution in [1.29, 1.82) is 0 Å². The van der Waals surface area contributed by atoms with E-state index in [2.05, 4.69) is 4.98 Å². The number of hydrogen-bond acceptors (Lipinski definition) is 4. The van der Waals surface area contributed by atoms with E-state index in [1.807, 2.05) is 12.3 Å². The summed E-state index contributed by atoms with van der Waals surface area (Å²) in [7, 11) is 0. The van der Waals surface area contributed by atoms with Gasteiger partial charge in [-0.25, -0.2) is 4.98 Å². The van der Waals surface area contributed by atoms with Crippen LogP contribution in [-0.4, -0.2) is 28.2 Å². The fraction of sp³-hybridized carbons (Fsp3) is 0.500. The lowest BCUT2D eigenvalue weighted by molar-refractivity contribution is -0.128. The number of aromatic nitrogens is 1. The Labute approximate surface area is 97.3 Å². The van der Waals surface area contributed by atoms with Gasteiger partial charge in [0.2, 0.25) is 11.8 Å². The molecule has 1 atom stereocenters. The van der Waals surface area contributed by atoms with Gasteiger partial charge < -0.3 is 10.6 Å². The molecule has 2 N–H and O–H groups in total. The molecular formula is C10H13N3O2S. The highest BCUT2D eigenvalue weighted by molar-refractivity contribution is 7.09. The van der Waals surface area contributed by atoms with Gasteiger partial charge in [0.05, 0.1) is 12.5 Å². The summed E-state index contributed by atoms with van der Waals surface area (Å²) >= 11 is 1.53. The highest BCUT2D eigenvalue weighted by Crippen LogP contribution is 2.21. The van der Waals surface area contributed by atoms with E-state index in [0.29, 0.717) is 13.1 Å². The fourth-order valence-corrected chi connectivity index (χ4v) is 2.54. The van der Waals surface area contributed by atoms with Gasteiger partial charge in [0.25, 0.3) is 0 Å². The van der Waals surface area contributed by atoms with Crippen LogP contribution < -0.4 is 5.73 Å². The summed E-state index contributed by atoms with van der Waals surface area (Å²) in [6, 6.07) is 0. The number of nitrogens with two attached hydrogens (primary N) is 1. The Morgan fingerprint density at radius 1 is 1.75 bits per heavy atom. The molecule has 1 aromatic heterocycles. The average Bonchev–Trinajstić information content (AvgIpc) is 2.75. The zero-order chi connectivity index (χ0) is 11.7. The van der Waals surface area contributed by atoms with Crippen molar-refractivity contribution in [3.63, 3.8) is 0 Å². The van der Waals surface area contributed by atoms with Crippen LogP contribution in [-0.2, 0) is 16.1 Å². The molecule has 0 aromatic carbocycles. The zero-order valence-electron chi connectivity index (χ0n) is 8.97. The number of primary amides is 1. The summed E-state index contributed by atoms with van der Waals surface area (Å²) in [4.78, 5) is 28.5. The van der Waals surface area contributed by atoms with E-state index >= 15 is 0 Å². The topological polar surface area (TPSA) is 76.3 Å². The van der Waals surface area contributed by atoms with Gasteiger partial charge in [-0.3, -0.25) is 9.59 Å². The number of aryl methyl sites for hydroxylation is 1. The molecule has 2 rings (SSSR count). The molecule has 5 nitrogen and oxygen atoms in total. The van der Waals surface area contributed by atoms with Gasteiger partial charge in [0.1, 0.15) is 5.01 Å². The van der Waals surface area contributed by atoms with Crippen molar-refractivity contribution in [2.24, 2.45) is 11.7 Å². The Hall–Kier alpha value is -1.43. The van der Waals surface area contributed by atoms with Crippen LogP contribution in [0.1, 0.15) is 17.1 Å². The van der Waals surface area contributed by atoms with E-state index in [0.717, 1.165) is 10.7 Å². The van der Waals surface area contributed by atoms with E-state index in [4.69, 9.17) is 5.73 Å². The first-order chi connectivity index (χ1) is 7.56. The first-order valence-electron chi connectivity index (χ1n) is 5.04. The summed E-state index contributed by atoms with van der Waals surface area (Å²) in [5.41, 5.74) is 6.15. The van der Waals surface area contributed by atoms with E-state index in [1.165, 1.54) is 11.3 Å². The standard InChI is InChI=1S/C10H13N3O2S/c1-6-5-16-8(12-6)4-13-3-7(10(11)15)2-9(13)14/h5,7H,2-4H2,1H3,(H2,11,15). The molecule has 2 amide bonds. The van der Waals surface area contributed by atoms with Gasteiger partial charge in [0.15, 0.2) is 0 Å². The molecule has 1 aromatic rings. The summed E-state index contributed by atoms with van der Waals surface area (Å²) in [5.74, 6) is -0.753. The van der Waals surface area contributed by atoms with Crippen LogP contribution in [0.25, 0.3) is 0 Å². The van der Waals surface area contributed by atoms with Crippen LogP contribution in [0.4, 0.5) is 0 Å². The van der Waals surface area contributed by atoms with Crippen LogP contribution in [0.5, 0.6) is 0 Å². The number of thiazole rings is 1. The Morgan fingerprint density at radius 3 is 3.00 bits per heavy atom. The van der Waals surface area contributed by atoms with Crippen molar-refractivity contribution in [2.45, 2.75) is 19.9 Å². The van der Waals surface area contributed by atoms with E-state index in [9.17, 15) is 9.59 Å². The summed E-state index contributed by atoms with van der Waals surface area (Å²) in [5, 5.41) is 2.84. The fourth-order valence-electron chi connectivity index (χ4n) is 1.75. The molecule has 1 fully saturated rings. The maximum atomic E-state index is 11.6. The van der Waals surface area contributed by atoms with E-state index < -0.39 is 5.91 Å². The average molecular weight is 239 g/mol. The van der Waals surface area contributed by atoms with Crippen LogP contribution in [0.3, 0.4) is 0 Å². The Balaban J connectivity index is 2.01. The second-order valence-electron chi connectivity index (χ2n) is 3.96. The molecule has 1 aliphatic rings. The Morgan fingerprint density at radius 2 is 2.50 bits per heavy atom. The van der Waals surface area contributed by atoms with E-state index in [1.54, 1.807) is 4.90 Å². The maximum Gasteiger partial charge on any atom is 0.223 e. The lowest BCUT2D eigenvalue weighted by Crippen LogP contribution is -2.28. The molecule has 1 unspecified atom stereocenters. The number of rotatable bonds is 3. The van der Waals surface area contributed by atoms with Crippen LogP contribution in [0.2, 0.25) is 0 Å². The number of likely N-dealkylation sites (tertiary alicyclic amines) is 1. The molecule has 16 heavy (non-hydrogen) atoms. The molecule has 1 saturated heterocycles. The molecule has 86 valence electrons. The second-order valence-corrected chi connectivity index (χ2v) is 4.90. The molecule has 1 aliphatic heterocycles. The van der Waals surface area contributed by atoms with Crippen molar-refractivity contribution in [3.05, 3.63) is 16.1 Å². The molecule has 0 spiro atoms. The van der Waals surface area contributed by atoms with Crippen molar-refractivity contribution in [2.75, 3.05) is 6.54 Å². The molecular weight excluding hydrogens is 226 g/mol. The van der Waals surface area contributed by atoms with Crippen LogP contribution in [0, 0.1) is 12.8 Å². The summed E-state index contributed by atoms with van der Waals surface area (Å²) < 4.78 is 0. The van der Waals surface area contributed by atoms with Gasteiger partial charge in [-0.2, -0.15) is 0 Å². The SMILES string of the molecule is Cc1csc(CN2CC(C(N)=O)CC2=O)n1. The Kier molecular flexibility index (Phi) is 2.91. The van der Waals surface area contributed by atoms with E-state index in [-0.39, 0.29) is 18.2 Å². The van der Waals surface area contributed by atoms with Crippen molar-refractivity contribution >= 4 is 23.2 Å². The highest BCUT2D eigenvalue weighted by Gasteiger charge is 2.33. The zero-order valence-corrected chi connectivity index (χ0v) is 9.79. The number of hydrogen-bond donors (Lipinski definition) is 1. The largest absolute Gasteiger partial charge is 0.369 e. The smallest absolute Gasteiger partial charge is 0.223 e. The lowest BCUT2D eigenvalue weighted by Gasteiger charge is -2.13. The van der Waals surface area contributed by atoms with Gasteiger partial charge >= 0.3 is 0 Å². The number of carbonyl (C=O) groups is 2. The minimum absolute atomic E-state index is 0.0170. The van der Waals surface area contributed by atoms with Crippen LogP contribution in [0.15, 0.2) is 5.38 Å². The normalized spacial score (nSPS) is 20.4.